The van der Waals surface area contributed by atoms with Crippen molar-refractivity contribution in [3.05, 3.63) is 84.4 Å². The molecule has 0 bridgehead atoms. The number of hydrogen-bond acceptors (Lipinski definition) is 3. The number of nitrogens with zero attached hydrogens (tertiary/aromatic N) is 2. The Hall–Kier alpha value is -2.91. The molecule has 3 aromatic carbocycles. The summed E-state index contributed by atoms with van der Waals surface area (Å²) in [5, 5.41) is 0. The third kappa shape index (κ3) is 4.80. The van der Waals surface area contributed by atoms with E-state index in [2.05, 4.69) is 49.4 Å². The Morgan fingerprint density at radius 2 is 1.33 bits per heavy atom. The molecule has 1 heterocycles. The first kappa shape index (κ1) is 20.4. The molecule has 0 N–H and O–H groups in total. The van der Waals surface area contributed by atoms with Crippen molar-refractivity contribution >= 4 is 28.1 Å². The molecule has 0 aliphatic carbocycles. The van der Waals surface area contributed by atoms with Crippen molar-refractivity contribution in [1.29, 1.82) is 0 Å². The molecule has 0 saturated carbocycles. The maximum absolute atomic E-state index is 5.62. The van der Waals surface area contributed by atoms with E-state index in [0.717, 1.165) is 51.3 Å². The maximum Gasteiger partial charge on any atom is 0.0973 e. The minimum absolute atomic E-state index is 0.831. The van der Waals surface area contributed by atoms with Crippen LogP contribution < -0.4 is 0 Å². The average molecular weight is 411 g/mol. The molecule has 4 aromatic rings. The number of thiocarbonyl (C=S) groups is 1. The van der Waals surface area contributed by atoms with Gasteiger partial charge in [0.2, 0.25) is 0 Å². The fourth-order valence-corrected chi connectivity index (χ4v) is 4.00. The third-order valence-corrected chi connectivity index (χ3v) is 5.63. The Bertz CT molecular complexity index is 1140. The summed E-state index contributed by atoms with van der Waals surface area (Å²) < 4.78 is 0. The summed E-state index contributed by atoms with van der Waals surface area (Å²) in [6.45, 7) is 2.22. The van der Waals surface area contributed by atoms with Crippen LogP contribution in [0.2, 0.25) is 0 Å². The quantitative estimate of drug-likeness (QED) is 0.223. The van der Waals surface area contributed by atoms with Crippen LogP contribution in [-0.4, -0.2) is 14.8 Å². The van der Waals surface area contributed by atoms with Crippen LogP contribution in [-0.2, 0) is 6.42 Å². The van der Waals surface area contributed by atoms with Gasteiger partial charge in [-0.1, -0.05) is 98.7 Å². The van der Waals surface area contributed by atoms with Gasteiger partial charge in [-0.05, 0) is 35.4 Å². The Labute approximate surface area is 184 Å². The van der Waals surface area contributed by atoms with Gasteiger partial charge in [0.15, 0.2) is 0 Å². The summed E-state index contributed by atoms with van der Waals surface area (Å²) in [4.78, 5) is 11.2. The van der Waals surface area contributed by atoms with Crippen molar-refractivity contribution in [3.63, 3.8) is 0 Å². The SMILES string of the molecule is CCCCCC(=S)Cc1ccc2nc(-c3ccccc3)c(-c3ccccc3)nc2c1. The van der Waals surface area contributed by atoms with E-state index in [0.29, 0.717) is 0 Å². The molecule has 0 unspecified atom stereocenters. The molecule has 150 valence electrons. The van der Waals surface area contributed by atoms with E-state index in [9.17, 15) is 0 Å². The summed E-state index contributed by atoms with van der Waals surface area (Å²) >= 11 is 5.62. The third-order valence-electron chi connectivity index (χ3n) is 5.28. The van der Waals surface area contributed by atoms with Gasteiger partial charge in [0.25, 0.3) is 0 Å². The van der Waals surface area contributed by atoms with E-state index in [4.69, 9.17) is 22.2 Å². The largest absolute Gasteiger partial charge is 0.244 e. The second-order valence-corrected chi connectivity index (χ2v) is 8.23. The number of unbranched alkanes of at least 4 members (excludes halogenated alkanes) is 2. The maximum atomic E-state index is 5.62. The molecule has 1 aromatic heterocycles. The highest BCUT2D eigenvalue weighted by Crippen LogP contribution is 2.31. The Balaban J connectivity index is 1.73. The van der Waals surface area contributed by atoms with Crippen LogP contribution in [0.1, 0.15) is 38.2 Å². The van der Waals surface area contributed by atoms with Crippen molar-refractivity contribution in [2.45, 2.75) is 39.0 Å². The molecule has 0 aliphatic rings. The van der Waals surface area contributed by atoms with Crippen molar-refractivity contribution in [1.82, 2.24) is 9.97 Å². The standard InChI is InChI=1S/C27H26N2S/c1-2-3-6-15-23(30)18-20-16-17-24-25(19-20)29-27(22-13-9-5-10-14-22)26(28-24)21-11-7-4-8-12-21/h4-5,7-14,16-17,19H,2-3,6,15,18H2,1H3. The van der Waals surface area contributed by atoms with Crippen LogP contribution in [0.3, 0.4) is 0 Å². The fraction of sp³-hybridized carbons (Fsp3) is 0.222. The number of benzene rings is 3. The van der Waals surface area contributed by atoms with Crippen LogP contribution in [0.15, 0.2) is 78.9 Å². The second-order valence-electron chi connectivity index (χ2n) is 7.65. The normalized spacial score (nSPS) is 11.0. The topological polar surface area (TPSA) is 25.8 Å². The van der Waals surface area contributed by atoms with Gasteiger partial charge in [0.05, 0.1) is 22.4 Å². The predicted octanol–water partition coefficient (Wildman–Crippen LogP) is 7.46. The van der Waals surface area contributed by atoms with Crippen LogP contribution in [0.25, 0.3) is 33.5 Å². The summed E-state index contributed by atoms with van der Waals surface area (Å²) in [6.07, 6.45) is 5.50. The molecule has 0 aliphatic heterocycles. The molecule has 0 radical (unpaired) electrons. The Morgan fingerprint density at radius 3 is 1.93 bits per heavy atom. The molecule has 2 nitrogen and oxygen atoms in total. The highest BCUT2D eigenvalue weighted by Gasteiger charge is 2.13. The zero-order valence-electron chi connectivity index (χ0n) is 17.3. The summed E-state index contributed by atoms with van der Waals surface area (Å²) in [7, 11) is 0. The molecule has 4 rings (SSSR count). The zero-order chi connectivity index (χ0) is 20.8. The van der Waals surface area contributed by atoms with E-state index >= 15 is 0 Å². The van der Waals surface area contributed by atoms with Gasteiger partial charge in [-0.2, -0.15) is 0 Å². The lowest BCUT2D eigenvalue weighted by Crippen LogP contribution is -2.01. The van der Waals surface area contributed by atoms with E-state index in [1.165, 1.54) is 24.8 Å². The summed E-state index contributed by atoms with van der Waals surface area (Å²) in [5.74, 6) is 0. The van der Waals surface area contributed by atoms with Crippen LogP contribution in [0, 0.1) is 0 Å². The minimum atomic E-state index is 0.831. The van der Waals surface area contributed by atoms with Gasteiger partial charge in [-0.15, -0.1) is 0 Å². The van der Waals surface area contributed by atoms with Gasteiger partial charge in [0, 0.05) is 17.5 Å². The summed E-state index contributed by atoms with van der Waals surface area (Å²) in [6, 6.07) is 26.9. The minimum Gasteiger partial charge on any atom is -0.244 e. The molecule has 0 saturated heterocycles. The first-order valence-corrected chi connectivity index (χ1v) is 11.1. The lowest BCUT2D eigenvalue weighted by molar-refractivity contribution is 0.742. The number of aromatic nitrogens is 2. The second kappa shape index (κ2) is 9.73. The van der Waals surface area contributed by atoms with E-state index in [1.807, 2.05) is 36.4 Å². The predicted molar refractivity (Wildman–Crippen MR) is 131 cm³/mol. The van der Waals surface area contributed by atoms with Gasteiger partial charge in [-0.25, -0.2) is 9.97 Å². The zero-order valence-corrected chi connectivity index (χ0v) is 18.2. The van der Waals surface area contributed by atoms with Crippen molar-refractivity contribution in [2.24, 2.45) is 0 Å². The van der Waals surface area contributed by atoms with Crippen LogP contribution in [0.4, 0.5) is 0 Å². The molecule has 0 amide bonds. The molecular weight excluding hydrogens is 384 g/mol. The molecule has 0 atom stereocenters. The molecular formula is C27H26N2S. The smallest absolute Gasteiger partial charge is 0.0973 e. The van der Waals surface area contributed by atoms with Crippen molar-refractivity contribution in [2.75, 3.05) is 0 Å². The summed E-state index contributed by atoms with van der Waals surface area (Å²) in [5.41, 5.74) is 7.02. The first-order chi connectivity index (χ1) is 14.7. The Morgan fingerprint density at radius 1 is 0.733 bits per heavy atom. The average Bonchev–Trinajstić information content (AvgIpc) is 2.79. The molecule has 0 fully saturated rings. The number of rotatable bonds is 8. The highest BCUT2D eigenvalue weighted by molar-refractivity contribution is 7.80. The van der Waals surface area contributed by atoms with Crippen LogP contribution in [0.5, 0.6) is 0 Å². The highest BCUT2D eigenvalue weighted by atomic mass is 32.1. The first-order valence-electron chi connectivity index (χ1n) is 10.7. The Kier molecular flexibility index (Phi) is 6.60. The van der Waals surface area contributed by atoms with Gasteiger partial charge in [-0.3, -0.25) is 0 Å². The molecule has 0 spiro atoms. The number of hydrogen-bond donors (Lipinski definition) is 0. The van der Waals surface area contributed by atoms with Gasteiger partial charge in [0.1, 0.15) is 0 Å². The monoisotopic (exact) mass is 410 g/mol. The van der Waals surface area contributed by atoms with E-state index in [-0.39, 0.29) is 0 Å². The lowest BCUT2D eigenvalue weighted by atomic mass is 10.0. The molecule has 30 heavy (non-hydrogen) atoms. The van der Waals surface area contributed by atoms with Gasteiger partial charge < -0.3 is 0 Å². The van der Waals surface area contributed by atoms with Crippen molar-refractivity contribution in [3.8, 4) is 22.5 Å². The van der Waals surface area contributed by atoms with Gasteiger partial charge >= 0.3 is 0 Å². The lowest BCUT2D eigenvalue weighted by Gasteiger charge is -2.11. The van der Waals surface area contributed by atoms with E-state index in [1.54, 1.807) is 0 Å². The van der Waals surface area contributed by atoms with Crippen LogP contribution >= 0.6 is 12.2 Å². The van der Waals surface area contributed by atoms with E-state index < -0.39 is 0 Å². The van der Waals surface area contributed by atoms with Crippen molar-refractivity contribution < 1.29 is 0 Å². The fourth-order valence-electron chi connectivity index (χ4n) is 3.69. The number of fused-ring (bicyclic) bond motifs is 1. The molecule has 3 heteroatoms.